The van der Waals surface area contributed by atoms with Crippen molar-refractivity contribution in [3.63, 3.8) is 0 Å². The van der Waals surface area contributed by atoms with Gasteiger partial charge in [-0.3, -0.25) is 4.79 Å². The lowest BCUT2D eigenvalue weighted by molar-refractivity contribution is 0.00346. The van der Waals surface area contributed by atoms with Gasteiger partial charge in [-0.2, -0.15) is 5.26 Å². The summed E-state index contributed by atoms with van der Waals surface area (Å²) >= 11 is 0. The second-order valence-electron chi connectivity index (χ2n) is 4.20. The van der Waals surface area contributed by atoms with E-state index in [1.165, 1.54) is 18.2 Å². The van der Waals surface area contributed by atoms with Crippen molar-refractivity contribution in [2.45, 2.75) is 13.0 Å². The van der Waals surface area contributed by atoms with Gasteiger partial charge in [-0.05, 0) is 30.7 Å². The van der Waals surface area contributed by atoms with Gasteiger partial charge in [-0.15, -0.1) is 0 Å². The maximum absolute atomic E-state index is 13.1. The molecular weight excluding hydrogens is 235 g/mol. The lowest BCUT2D eigenvalue weighted by atomic mass is 10.1. The highest BCUT2D eigenvalue weighted by molar-refractivity contribution is 5.94. The van der Waals surface area contributed by atoms with Gasteiger partial charge in [-0.25, -0.2) is 4.39 Å². The molecule has 1 aromatic rings. The SMILES string of the molecule is Cc1cc(C(=O)N2CCOC(C#N)C2)ccc1F. The van der Waals surface area contributed by atoms with E-state index in [1.54, 1.807) is 11.8 Å². The number of aryl methyl sites for hydroxylation is 1. The van der Waals surface area contributed by atoms with Crippen LogP contribution in [0.4, 0.5) is 4.39 Å². The highest BCUT2D eigenvalue weighted by Crippen LogP contribution is 2.14. The van der Waals surface area contributed by atoms with Gasteiger partial charge in [0.25, 0.3) is 5.91 Å². The number of morpholine rings is 1. The Balaban J connectivity index is 2.15. The molecule has 0 N–H and O–H groups in total. The predicted molar refractivity (Wildman–Crippen MR) is 62.4 cm³/mol. The van der Waals surface area contributed by atoms with Crippen LogP contribution in [-0.2, 0) is 4.74 Å². The largest absolute Gasteiger partial charge is 0.360 e. The van der Waals surface area contributed by atoms with Crippen molar-refractivity contribution < 1.29 is 13.9 Å². The fourth-order valence-electron chi connectivity index (χ4n) is 1.87. The van der Waals surface area contributed by atoms with Gasteiger partial charge >= 0.3 is 0 Å². The Kier molecular flexibility index (Phi) is 3.58. The molecule has 0 aromatic heterocycles. The first-order chi connectivity index (χ1) is 8.61. The number of hydrogen-bond acceptors (Lipinski definition) is 3. The highest BCUT2D eigenvalue weighted by Gasteiger charge is 2.24. The number of rotatable bonds is 1. The number of benzene rings is 1. The predicted octanol–water partition coefficient (Wildman–Crippen LogP) is 1.50. The number of carbonyl (C=O) groups is 1. The minimum Gasteiger partial charge on any atom is -0.360 e. The molecule has 1 aliphatic rings. The molecular formula is C13H13FN2O2. The van der Waals surface area contributed by atoms with E-state index in [2.05, 4.69) is 0 Å². The third-order valence-corrected chi connectivity index (χ3v) is 2.90. The Morgan fingerprint density at radius 2 is 2.39 bits per heavy atom. The molecule has 0 saturated carbocycles. The first-order valence-electron chi connectivity index (χ1n) is 5.68. The number of carbonyl (C=O) groups excluding carboxylic acids is 1. The minimum atomic E-state index is -0.579. The number of nitrogens with zero attached hydrogens (tertiary/aromatic N) is 2. The summed E-state index contributed by atoms with van der Waals surface area (Å²) in [6.07, 6.45) is -0.579. The van der Waals surface area contributed by atoms with E-state index in [4.69, 9.17) is 10.00 Å². The van der Waals surface area contributed by atoms with Gasteiger partial charge in [0.05, 0.1) is 19.2 Å². The van der Waals surface area contributed by atoms with Crippen LogP contribution in [0.1, 0.15) is 15.9 Å². The highest BCUT2D eigenvalue weighted by atomic mass is 19.1. The molecule has 2 rings (SSSR count). The van der Waals surface area contributed by atoms with Crippen molar-refractivity contribution in [1.82, 2.24) is 4.90 Å². The molecule has 0 spiro atoms. The second-order valence-corrected chi connectivity index (χ2v) is 4.20. The zero-order valence-corrected chi connectivity index (χ0v) is 10.0. The van der Waals surface area contributed by atoms with Crippen LogP contribution in [0.3, 0.4) is 0 Å². The van der Waals surface area contributed by atoms with Crippen molar-refractivity contribution in [3.8, 4) is 6.07 Å². The average Bonchev–Trinajstić information content (AvgIpc) is 2.41. The van der Waals surface area contributed by atoms with Gasteiger partial charge in [0, 0.05) is 12.1 Å². The van der Waals surface area contributed by atoms with Crippen LogP contribution in [0.25, 0.3) is 0 Å². The summed E-state index contributed by atoms with van der Waals surface area (Å²) in [5.41, 5.74) is 0.874. The van der Waals surface area contributed by atoms with E-state index in [0.29, 0.717) is 24.3 Å². The molecule has 1 unspecified atom stereocenters. The normalized spacial score (nSPS) is 19.4. The zero-order valence-electron chi connectivity index (χ0n) is 10.0. The van der Waals surface area contributed by atoms with E-state index in [0.717, 1.165) is 0 Å². The molecule has 0 aliphatic carbocycles. The molecule has 1 heterocycles. The molecule has 1 aliphatic heterocycles. The standard InChI is InChI=1S/C13H13FN2O2/c1-9-6-10(2-3-12(9)14)13(17)16-4-5-18-11(7-15)8-16/h2-3,6,11H,4-5,8H2,1H3. The van der Waals surface area contributed by atoms with Gasteiger partial charge < -0.3 is 9.64 Å². The van der Waals surface area contributed by atoms with E-state index < -0.39 is 6.10 Å². The first kappa shape index (κ1) is 12.5. The van der Waals surface area contributed by atoms with Crippen LogP contribution < -0.4 is 0 Å². The second kappa shape index (κ2) is 5.15. The molecule has 1 atom stereocenters. The molecule has 1 amide bonds. The monoisotopic (exact) mass is 248 g/mol. The van der Waals surface area contributed by atoms with Gasteiger partial charge in [0.15, 0.2) is 6.10 Å². The molecule has 94 valence electrons. The summed E-state index contributed by atoms with van der Waals surface area (Å²) in [7, 11) is 0. The van der Waals surface area contributed by atoms with E-state index in [9.17, 15) is 9.18 Å². The van der Waals surface area contributed by atoms with Crippen LogP contribution in [0, 0.1) is 24.1 Å². The van der Waals surface area contributed by atoms with E-state index in [1.807, 2.05) is 6.07 Å². The van der Waals surface area contributed by atoms with Crippen molar-refractivity contribution >= 4 is 5.91 Å². The number of hydrogen-bond donors (Lipinski definition) is 0. The summed E-state index contributed by atoms with van der Waals surface area (Å²) in [5.74, 6) is -0.523. The maximum atomic E-state index is 13.1. The summed E-state index contributed by atoms with van der Waals surface area (Å²) in [5, 5.41) is 8.78. The topological polar surface area (TPSA) is 53.3 Å². The molecule has 1 fully saturated rings. The Labute approximate surface area is 105 Å². The van der Waals surface area contributed by atoms with Crippen molar-refractivity contribution in [1.29, 1.82) is 5.26 Å². The summed E-state index contributed by atoms with van der Waals surface area (Å²) < 4.78 is 18.3. The molecule has 1 aromatic carbocycles. The van der Waals surface area contributed by atoms with Crippen LogP contribution in [0.5, 0.6) is 0 Å². The number of ether oxygens (including phenoxy) is 1. The Morgan fingerprint density at radius 1 is 1.61 bits per heavy atom. The van der Waals surface area contributed by atoms with Crippen LogP contribution in [0.15, 0.2) is 18.2 Å². The lowest BCUT2D eigenvalue weighted by Gasteiger charge is -2.29. The van der Waals surface area contributed by atoms with Crippen LogP contribution >= 0.6 is 0 Å². The molecule has 4 nitrogen and oxygen atoms in total. The van der Waals surface area contributed by atoms with Crippen molar-refractivity contribution in [2.75, 3.05) is 19.7 Å². The molecule has 5 heteroatoms. The fraction of sp³-hybridized carbons (Fsp3) is 0.385. The molecule has 1 saturated heterocycles. The van der Waals surface area contributed by atoms with Crippen LogP contribution in [0.2, 0.25) is 0 Å². The third-order valence-electron chi connectivity index (χ3n) is 2.90. The van der Waals surface area contributed by atoms with Gasteiger partial charge in [-0.1, -0.05) is 0 Å². The minimum absolute atomic E-state index is 0.193. The maximum Gasteiger partial charge on any atom is 0.254 e. The Morgan fingerprint density at radius 3 is 3.06 bits per heavy atom. The van der Waals surface area contributed by atoms with Crippen LogP contribution in [-0.4, -0.2) is 36.6 Å². The molecule has 18 heavy (non-hydrogen) atoms. The van der Waals surface area contributed by atoms with E-state index >= 15 is 0 Å². The quantitative estimate of drug-likeness (QED) is 0.756. The summed E-state index contributed by atoms with van der Waals surface area (Å²) in [6, 6.07) is 6.25. The first-order valence-corrected chi connectivity index (χ1v) is 5.68. The number of halogens is 1. The number of nitriles is 1. The van der Waals surface area contributed by atoms with Crippen molar-refractivity contribution in [2.24, 2.45) is 0 Å². The smallest absolute Gasteiger partial charge is 0.254 e. The fourth-order valence-corrected chi connectivity index (χ4v) is 1.87. The Bertz CT molecular complexity index is 510. The molecule has 0 radical (unpaired) electrons. The summed E-state index contributed by atoms with van der Waals surface area (Å²) in [6.45, 7) is 2.67. The summed E-state index contributed by atoms with van der Waals surface area (Å²) in [4.78, 5) is 13.7. The zero-order chi connectivity index (χ0) is 13.1. The number of amides is 1. The average molecular weight is 248 g/mol. The Hall–Kier alpha value is -1.93. The van der Waals surface area contributed by atoms with Gasteiger partial charge in [0.1, 0.15) is 5.82 Å². The molecule has 0 bridgehead atoms. The van der Waals surface area contributed by atoms with E-state index in [-0.39, 0.29) is 18.3 Å². The van der Waals surface area contributed by atoms with Crippen molar-refractivity contribution in [3.05, 3.63) is 35.1 Å². The third kappa shape index (κ3) is 2.49. The lowest BCUT2D eigenvalue weighted by Crippen LogP contribution is -2.45. The van der Waals surface area contributed by atoms with Gasteiger partial charge in [0.2, 0.25) is 0 Å².